The van der Waals surface area contributed by atoms with E-state index in [1.807, 2.05) is 13.1 Å². The first kappa shape index (κ1) is 19.3. The summed E-state index contributed by atoms with van der Waals surface area (Å²) >= 11 is 0. The minimum absolute atomic E-state index is 0.252. The maximum atomic E-state index is 11.1. The molecule has 1 unspecified atom stereocenters. The summed E-state index contributed by atoms with van der Waals surface area (Å²) < 4.78 is 5.45. The Morgan fingerprint density at radius 1 is 1.28 bits per heavy atom. The fourth-order valence-electron chi connectivity index (χ4n) is 3.72. The van der Waals surface area contributed by atoms with Crippen LogP contribution in [0.3, 0.4) is 0 Å². The van der Waals surface area contributed by atoms with E-state index in [-0.39, 0.29) is 11.1 Å². The van der Waals surface area contributed by atoms with E-state index in [1.54, 1.807) is 30.5 Å². The number of hydrogen-bond donors (Lipinski definition) is 2. The molecule has 1 aromatic heterocycles. The van der Waals surface area contributed by atoms with Crippen LogP contribution < -0.4 is 5.32 Å². The number of benzene rings is 1. The molecule has 0 aliphatic carbocycles. The summed E-state index contributed by atoms with van der Waals surface area (Å²) in [5, 5.41) is 19.3. The Balaban J connectivity index is 1.50. The number of aromatic carboxylic acids is 1. The monoisotopic (exact) mass is 395 g/mol. The second kappa shape index (κ2) is 7.79. The number of aryl methyl sites for hydroxylation is 1. The van der Waals surface area contributed by atoms with Crippen molar-refractivity contribution < 1.29 is 14.6 Å². The highest BCUT2D eigenvalue weighted by Gasteiger charge is 2.34. The van der Waals surface area contributed by atoms with Gasteiger partial charge in [0.25, 0.3) is 0 Å². The first-order valence-electron chi connectivity index (χ1n) is 9.79. The summed E-state index contributed by atoms with van der Waals surface area (Å²) in [6.45, 7) is 6.34. The topological polar surface area (TPSA) is 99.9 Å². The van der Waals surface area contributed by atoms with E-state index < -0.39 is 5.97 Å². The Morgan fingerprint density at radius 3 is 2.69 bits per heavy atom. The summed E-state index contributed by atoms with van der Waals surface area (Å²) in [6.07, 6.45) is 5.68. The van der Waals surface area contributed by atoms with E-state index in [0.29, 0.717) is 12.0 Å². The van der Waals surface area contributed by atoms with Crippen LogP contribution in [0.2, 0.25) is 0 Å². The molecule has 8 nitrogen and oxygen atoms in total. The third-order valence-corrected chi connectivity index (χ3v) is 5.37. The molecule has 29 heavy (non-hydrogen) atoms. The van der Waals surface area contributed by atoms with Gasteiger partial charge in [0.15, 0.2) is 0 Å². The van der Waals surface area contributed by atoms with Gasteiger partial charge >= 0.3 is 5.97 Å². The molecule has 0 bridgehead atoms. The van der Waals surface area contributed by atoms with Crippen LogP contribution in [-0.2, 0) is 4.74 Å². The smallest absolute Gasteiger partial charge is 0.335 e. The maximum Gasteiger partial charge on any atom is 0.335 e. The summed E-state index contributed by atoms with van der Waals surface area (Å²) in [7, 11) is 0. The zero-order valence-corrected chi connectivity index (χ0v) is 16.6. The third-order valence-electron chi connectivity index (χ3n) is 5.37. The molecular weight excluding hydrogens is 370 g/mol. The van der Waals surface area contributed by atoms with Gasteiger partial charge in [-0.1, -0.05) is 12.1 Å². The lowest BCUT2D eigenvalue weighted by atomic mass is 10.0. The van der Waals surface area contributed by atoms with Gasteiger partial charge in [-0.3, -0.25) is 5.01 Å². The lowest BCUT2D eigenvalue weighted by Gasteiger charge is -2.32. The number of carboxylic acid groups (broad SMARTS) is 1. The van der Waals surface area contributed by atoms with Crippen molar-refractivity contribution in [1.29, 1.82) is 0 Å². The van der Waals surface area contributed by atoms with E-state index in [9.17, 15) is 4.79 Å². The van der Waals surface area contributed by atoms with Crippen LogP contribution >= 0.6 is 0 Å². The summed E-state index contributed by atoms with van der Waals surface area (Å²) in [4.78, 5) is 20.2. The van der Waals surface area contributed by atoms with Gasteiger partial charge in [-0.2, -0.15) is 5.10 Å². The van der Waals surface area contributed by atoms with Gasteiger partial charge in [-0.05, 0) is 44.4 Å². The fourth-order valence-corrected chi connectivity index (χ4v) is 3.72. The van der Waals surface area contributed by atoms with Gasteiger partial charge in [0.2, 0.25) is 5.95 Å². The van der Waals surface area contributed by atoms with Crippen LogP contribution in [0.25, 0.3) is 11.3 Å². The second-order valence-corrected chi connectivity index (χ2v) is 7.84. The van der Waals surface area contributed by atoms with Gasteiger partial charge in [0.1, 0.15) is 0 Å². The van der Waals surface area contributed by atoms with Crippen molar-refractivity contribution in [2.75, 3.05) is 25.1 Å². The van der Waals surface area contributed by atoms with Crippen LogP contribution in [0, 0.1) is 6.92 Å². The van der Waals surface area contributed by atoms with Crippen molar-refractivity contribution in [1.82, 2.24) is 15.0 Å². The molecule has 2 aliphatic heterocycles. The number of nitrogens with one attached hydrogen (secondary N) is 1. The van der Waals surface area contributed by atoms with Crippen LogP contribution in [0.1, 0.15) is 35.7 Å². The molecule has 0 amide bonds. The average molecular weight is 395 g/mol. The number of carbonyl (C=O) groups is 1. The molecule has 2 N–H and O–H groups in total. The van der Waals surface area contributed by atoms with Crippen LogP contribution in [0.5, 0.6) is 0 Å². The van der Waals surface area contributed by atoms with Crippen LogP contribution in [-0.4, -0.2) is 63.6 Å². The molecule has 152 valence electrons. The Bertz CT molecular complexity index is 924. The highest BCUT2D eigenvalue weighted by atomic mass is 16.5. The van der Waals surface area contributed by atoms with Crippen molar-refractivity contribution in [3.63, 3.8) is 0 Å². The van der Waals surface area contributed by atoms with E-state index in [4.69, 9.17) is 14.8 Å². The molecule has 0 saturated carbocycles. The van der Waals surface area contributed by atoms with Crippen molar-refractivity contribution in [2.24, 2.45) is 5.10 Å². The Kier molecular flexibility index (Phi) is 5.19. The summed E-state index contributed by atoms with van der Waals surface area (Å²) in [6, 6.07) is 7.12. The standard InChI is InChI=1S/C21H25N5O3/c1-14-11-22-20(24-18(14)15-3-5-16(6-4-15)19(27)28)25-21(2)12-23-26(13-21)17-7-9-29-10-8-17/h3-6,11-12,17H,7-10,13H2,1-2H3,(H,27,28)(H,22,24,25). The lowest BCUT2D eigenvalue weighted by Crippen LogP contribution is -2.45. The van der Waals surface area contributed by atoms with E-state index >= 15 is 0 Å². The largest absolute Gasteiger partial charge is 0.478 e. The number of ether oxygens (including phenoxy) is 1. The highest BCUT2D eigenvalue weighted by Crippen LogP contribution is 2.26. The maximum absolute atomic E-state index is 11.1. The molecule has 1 saturated heterocycles. The van der Waals surface area contributed by atoms with Crippen molar-refractivity contribution in [3.05, 3.63) is 41.6 Å². The Morgan fingerprint density at radius 2 is 2.00 bits per heavy atom. The molecule has 1 atom stereocenters. The lowest BCUT2D eigenvalue weighted by molar-refractivity contribution is 0.0366. The van der Waals surface area contributed by atoms with E-state index in [0.717, 1.165) is 49.4 Å². The highest BCUT2D eigenvalue weighted by molar-refractivity contribution is 5.88. The van der Waals surface area contributed by atoms with Gasteiger partial charge in [-0.15, -0.1) is 0 Å². The number of nitrogens with zero attached hydrogens (tertiary/aromatic N) is 4. The third kappa shape index (κ3) is 4.22. The minimum atomic E-state index is -0.944. The molecular formula is C21H25N5O3. The molecule has 8 heteroatoms. The molecule has 2 aromatic rings. The summed E-state index contributed by atoms with van der Waals surface area (Å²) in [5.41, 5.74) is 2.44. The van der Waals surface area contributed by atoms with Crippen LogP contribution in [0.15, 0.2) is 35.6 Å². The predicted octanol–water partition coefficient (Wildman–Crippen LogP) is 2.80. The SMILES string of the molecule is Cc1cnc(NC2(C)C=NN(C3CCOCC3)C2)nc1-c1ccc(C(=O)O)cc1. The first-order chi connectivity index (χ1) is 13.9. The quantitative estimate of drug-likeness (QED) is 0.803. The van der Waals surface area contributed by atoms with Crippen molar-refractivity contribution in [3.8, 4) is 11.3 Å². The van der Waals surface area contributed by atoms with E-state index in [1.165, 1.54) is 0 Å². The number of rotatable bonds is 5. The average Bonchev–Trinajstić information content (AvgIpc) is 3.12. The fraction of sp³-hybridized carbons (Fsp3) is 0.429. The van der Waals surface area contributed by atoms with Gasteiger partial charge < -0.3 is 15.2 Å². The molecule has 2 aliphatic rings. The zero-order valence-electron chi connectivity index (χ0n) is 16.6. The minimum Gasteiger partial charge on any atom is -0.478 e. The molecule has 4 rings (SSSR count). The Hall–Kier alpha value is -3.00. The van der Waals surface area contributed by atoms with Gasteiger partial charge in [-0.25, -0.2) is 14.8 Å². The zero-order chi connectivity index (χ0) is 20.4. The number of aromatic nitrogens is 2. The number of anilines is 1. The normalized spacial score (nSPS) is 22.1. The van der Waals surface area contributed by atoms with Crippen LogP contribution in [0.4, 0.5) is 5.95 Å². The second-order valence-electron chi connectivity index (χ2n) is 7.84. The van der Waals surface area contributed by atoms with E-state index in [2.05, 4.69) is 27.3 Å². The van der Waals surface area contributed by atoms with Gasteiger partial charge in [0.05, 0.1) is 35.6 Å². The van der Waals surface area contributed by atoms with Crippen molar-refractivity contribution >= 4 is 18.1 Å². The Labute approximate surface area is 169 Å². The number of hydrogen-bond acceptors (Lipinski definition) is 7. The molecule has 1 aromatic carbocycles. The number of carboxylic acids is 1. The summed E-state index contributed by atoms with van der Waals surface area (Å²) in [5.74, 6) is -0.420. The molecule has 0 spiro atoms. The predicted molar refractivity (Wildman–Crippen MR) is 110 cm³/mol. The van der Waals surface area contributed by atoms with Gasteiger partial charge in [0, 0.05) is 25.0 Å². The molecule has 3 heterocycles. The molecule has 0 radical (unpaired) electrons. The number of hydrazone groups is 1. The first-order valence-corrected chi connectivity index (χ1v) is 9.79. The molecule has 1 fully saturated rings. The van der Waals surface area contributed by atoms with Crippen molar-refractivity contribution in [2.45, 2.75) is 38.3 Å².